The van der Waals surface area contributed by atoms with Crippen LogP contribution < -0.4 is 10.1 Å². The molecule has 0 spiro atoms. The van der Waals surface area contributed by atoms with Crippen LogP contribution in [0.25, 0.3) is 10.9 Å². The van der Waals surface area contributed by atoms with E-state index >= 15 is 0 Å². The van der Waals surface area contributed by atoms with Gasteiger partial charge in [-0.25, -0.2) is 0 Å². The summed E-state index contributed by atoms with van der Waals surface area (Å²) >= 11 is 0. The van der Waals surface area contributed by atoms with Crippen molar-refractivity contribution in [3.63, 3.8) is 0 Å². The third-order valence-corrected chi connectivity index (χ3v) is 5.01. The van der Waals surface area contributed by atoms with Crippen molar-refractivity contribution >= 4 is 16.8 Å². The van der Waals surface area contributed by atoms with Crippen molar-refractivity contribution in [1.29, 1.82) is 0 Å². The summed E-state index contributed by atoms with van der Waals surface area (Å²) in [5.41, 5.74) is 5.75. The van der Waals surface area contributed by atoms with Gasteiger partial charge in [-0.15, -0.1) is 0 Å². The quantitative estimate of drug-likeness (QED) is 0.766. The molecule has 25 heavy (non-hydrogen) atoms. The Bertz CT molecular complexity index is 942. The number of hydrogen-bond donors (Lipinski definition) is 2. The van der Waals surface area contributed by atoms with E-state index in [0.29, 0.717) is 11.3 Å². The highest BCUT2D eigenvalue weighted by Gasteiger charge is 2.24. The molecule has 0 saturated carbocycles. The number of aromatic nitrogens is 1. The number of fused-ring (bicyclic) bond motifs is 3. The van der Waals surface area contributed by atoms with Crippen molar-refractivity contribution in [2.75, 3.05) is 7.11 Å². The Morgan fingerprint density at radius 2 is 2.12 bits per heavy atom. The summed E-state index contributed by atoms with van der Waals surface area (Å²) in [6.45, 7) is 2.11. The summed E-state index contributed by atoms with van der Waals surface area (Å²) in [6, 6.07) is 14.0. The summed E-state index contributed by atoms with van der Waals surface area (Å²) in [7, 11) is 1.61. The third kappa shape index (κ3) is 3.00. The molecule has 1 amide bonds. The standard InChI is InChI=1S/C21H22N2O2/c1-13-6-8-19-17(10-13)18-12-15(7-9-20(18)23-19)22-21(24)14-4-3-5-16(11-14)25-2/h3-6,8,10-11,15,23H,7,9,12H2,1-2H3,(H,22,24). The molecule has 4 nitrogen and oxygen atoms in total. The van der Waals surface area contributed by atoms with E-state index in [1.54, 1.807) is 13.2 Å². The maximum atomic E-state index is 12.6. The fourth-order valence-corrected chi connectivity index (χ4v) is 3.69. The number of aromatic amines is 1. The highest BCUT2D eigenvalue weighted by molar-refractivity contribution is 5.95. The van der Waals surface area contributed by atoms with Gasteiger partial charge in [0.15, 0.2) is 0 Å². The lowest BCUT2D eigenvalue weighted by Gasteiger charge is -2.24. The normalized spacial score (nSPS) is 16.5. The predicted octanol–water partition coefficient (Wildman–Crippen LogP) is 3.77. The van der Waals surface area contributed by atoms with E-state index in [4.69, 9.17) is 4.74 Å². The Kier molecular flexibility index (Phi) is 3.96. The van der Waals surface area contributed by atoms with Crippen molar-refractivity contribution in [3.05, 3.63) is 64.8 Å². The SMILES string of the molecule is COc1cccc(C(=O)NC2CCc3[nH]c4ccc(C)cc4c3C2)c1. The fraction of sp³-hybridized carbons (Fsp3) is 0.286. The number of aryl methyl sites for hydroxylation is 2. The summed E-state index contributed by atoms with van der Waals surface area (Å²) in [5.74, 6) is 0.661. The van der Waals surface area contributed by atoms with E-state index in [1.165, 1.54) is 27.7 Å². The van der Waals surface area contributed by atoms with Gasteiger partial charge in [0.05, 0.1) is 7.11 Å². The molecule has 4 heteroatoms. The minimum Gasteiger partial charge on any atom is -0.497 e. The van der Waals surface area contributed by atoms with Gasteiger partial charge in [0, 0.05) is 28.2 Å². The largest absolute Gasteiger partial charge is 0.497 e. The van der Waals surface area contributed by atoms with Gasteiger partial charge in [0.1, 0.15) is 5.75 Å². The minimum atomic E-state index is -0.0385. The van der Waals surface area contributed by atoms with Crippen LogP contribution in [0, 0.1) is 6.92 Å². The van der Waals surface area contributed by atoms with Crippen LogP contribution in [0.3, 0.4) is 0 Å². The maximum Gasteiger partial charge on any atom is 0.251 e. The van der Waals surface area contributed by atoms with Gasteiger partial charge in [-0.3, -0.25) is 4.79 Å². The lowest BCUT2D eigenvalue weighted by atomic mass is 9.91. The van der Waals surface area contributed by atoms with E-state index in [9.17, 15) is 4.79 Å². The molecular weight excluding hydrogens is 312 g/mol. The number of H-pyrrole nitrogens is 1. The maximum absolute atomic E-state index is 12.6. The van der Waals surface area contributed by atoms with Crippen LogP contribution in [-0.2, 0) is 12.8 Å². The monoisotopic (exact) mass is 334 g/mol. The molecule has 1 aliphatic rings. The van der Waals surface area contributed by atoms with Gasteiger partial charge in [-0.2, -0.15) is 0 Å². The third-order valence-electron chi connectivity index (χ3n) is 5.01. The number of rotatable bonds is 3. The lowest BCUT2D eigenvalue weighted by Crippen LogP contribution is -2.38. The smallest absolute Gasteiger partial charge is 0.251 e. The number of hydrogen-bond acceptors (Lipinski definition) is 2. The van der Waals surface area contributed by atoms with Gasteiger partial charge < -0.3 is 15.0 Å². The van der Waals surface area contributed by atoms with Crippen LogP contribution in [-0.4, -0.2) is 24.0 Å². The average Bonchev–Trinajstić information content (AvgIpc) is 2.99. The van der Waals surface area contributed by atoms with Crippen molar-refractivity contribution in [3.8, 4) is 5.75 Å². The zero-order chi connectivity index (χ0) is 17.4. The van der Waals surface area contributed by atoms with Crippen molar-refractivity contribution in [2.45, 2.75) is 32.2 Å². The molecule has 0 fully saturated rings. The van der Waals surface area contributed by atoms with Crippen LogP contribution >= 0.6 is 0 Å². The Morgan fingerprint density at radius 1 is 1.24 bits per heavy atom. The first-order valence-corrected chi connectivity index (χ1v) is 8.69. The molecule has 1 unspecified atom stereocenters. The van der Waals surface area contributed by atoms with Crippen LogP contribution in [0.5, 0.6) is 5.75 Å². The zero-order valence-corrected chi connectivity index (χ0v) is 14.6. The number of amides is 1. The lowest BCUT2D eigenvalue weighted by molar-refractivity contribution is 0.0933. The molecule has 2 N–H and O–H groups in total. The summed E-state index contributed by atoms with van der Waals surface area (Å²) < 4.78 is 5.21. The van der Waals surface area contributed by atoms with Gasteiger partial charge >= 0.3 is 0 Å². The average molecular weight is 334 g/mol. The van der Waals surface area contributed by atoms with Gasteiger partial charge in [0.25, 0.3) is 5.91 Å². The van der Waals surface area contributed by atoms with E-state index in [-0.39, 0.29) is 11.9 Å². The number of carbonyl (C=O) groups is 1. The predicted molar refractivity (Wildman–Crippen MR) is 99.3 cm³/mol. The first-order valence-electron chi connectivity index (χ1n) is 8.69. The Morgan fingerprint density at radius 3 is 2.96 bits per heavy atom. The summed E-state index contributed by atoms with van der Waals surface area (Å²) in [5, 5.41) is 4.48. The molecule has 4 rings (SSSR count). The first kappa shape index (κ1) is 15.8. The highest BCUT2D eigenvalue weighted by atomic mass is 16.5. The van der Waals surface area contributed by atoms with Gasteiger partial charge in [-0.1, -0.05) is 17.7 Å². The molecule has 1 aliphatic carbocycles. The van der Waals surface area contributed by atoms with E-state index < -0.39 is 0 Å². The van der Waals surface area contributed by atoms with Crippen molar-refractivity contribution in [2.24, 2.45) is 0 Å². The Balaban J connectivity index is 1.55. The Labute approximate surface area is 147 Å². The van der Waals surface area contributed by atoms with Crippen LogP contribution in [0.4, 0.5) is 0 Å². The minimum absolute atomic E-state index is 0.0385. The number of benzene rings is 2. The Hall–Kier alpha value is -2.75. The molecule has 2 aromatic carbocycles. The fourth-order valence-electron chi connectivity index (χ4n) is 3.69. The summed E-state index contributed by atoms with van der Waals surface area (Å²) in [4.78, 5) is 16.1. The van der Waals surface area contributed by atoms with Gasteiger partial charge in [-0.05, 0) is 62.1 Å². The molecule has 1 aromatic heterocycles. The van der Waals surface area contributed by atoms with Crippen LogP contribution in [0.2, 0.25) is 0 Å². The number of carbonyl (C=O) groups excluding carboxylic acids is 1. The zero-order valence-electron chi connectivity index (χ0n) is 14.6. The van der Waals surface area contributed by atoms with Crippen LogP contribution in [0.1, 0.15) is 33.6 Å². The topological polar surface area (TPSA) is 54.1 Å². The van der Waals surface area contributed by atoms with E-state index in [2.05, 4.69) is 35.4 Å². The molecule has 0 bridgehead atoms. The molecule has 128 valence electrons. The highest BCUT2D eigenvalue weighted by Crippen LogP contribution is 2.30. The molecule has 0 aliphatic heterocycles. The number of ether oxygens (including phenoxy) is 1. The van der Waals surface area contributed by atoms with Gasteiger partial charge in [0.2, 0.25) is 0 Å². The molecule has 1 heterocycles. The second kappa shape index (κ2) is 6.28. The van der Waals surface area contributed by atoms with Crippen molar-refractivity contribution < 1.29 is 9.53 Å². The molecule has 1 atom stereocenters. The molecular formula is C21H22N2O2. The first-order chi connectivity index (χ1) is 12.1. The summed E-state index contributed by atoms with van der Waals surface area (Å²) in [6.07, 6.45) is 2.79. The molecule has 0 radical (unpaired) electrons. The molecule has 0 saturated heterocycles. The second-order valence-corrected chi connectivity index (χ2v) is 6.78. The van der Waals surface area contributed by atoms with E-state index in [1.807, 2.05) is 18.2 Å². The van der Waals surface area contributed by atoms with Crippen LogP contribution in [0.15, 0.2) is 42.5 Å². The second-order valence-electron chi connectivity index (χ2n) is 6.78. The molecule has 3 aromatic rings. The van der Waals surface area contributed by atoms with Crippen molar-refractivity contribution in [1.82, 2.24) is 10.3 Å². The number of methoxy groups -OCH3 is 1. The number of nitrogens with one attached hydrogen (secondary N) is 2. The van der Waals surface area contributed by atoms with E-state index in [0.717, 1.165) is 19.3 Å².